The molecule has 0 spiro atoms. The van der Waals surface area contributed by atoms with Gasteiger partial charge in [0.15, 0.2) is 0 Å². The molecule has 0 aliphatic carbocycles. The topological polar surface area (TPSA) is 39.1 Å². The summed E-state index contributed by atoms with van der Waals surface area (Å²) >= 11 is 2.84. The van der Waals surface area contributed by atoms with Crippen molar-refractivity contribution in [2.75, 3.05) is 0 Å². The van der Waals surface area contributed by atoms with Gasteiger partial charge >= 0.3 is 0 Å². The second kappa shape index (κ2) is 6.24. The molecule has 0 N–H and O–H groups in total. The van der Waals surface area contributed by atoms with E-state index in [9.17, 15) is 18.4 Å². The van der Waals surface area contributed by atoms with E-state index in [1.807, 2.05) is 0 Å². The molecule has 7 aromatic rings. The van der Waals surface area contributed by atoms with Crippen LogP contribution in [0.3, 0.4) is 0 Å². The normalized spacial score (nSPS) is 12.9. The van der Waals surface area contributed by atoms with Crippen molar-refractivity contribution in [1.29, 1.82) is 0 Å². The summed E-state index contributed by atoms with van der Waals surface area (Å²) in [5, 5.41) is 4.04. The number of hydrogen-bond acceptors (Lipinski definition) is 4. The maximum Gasteiger partial charge on any atom is 0.204 e. The van der Waals surface area contributed by atoms with Gasteiger partial charge in [-0.1, -0.05) is 26.0 Å². The lowest BCUT2D eigenvalue weighted by molar-refractivity contribution is 0.547. The lowest BCUT2D eigenvalue weighted by atomic mass is 10.1. The van der Waals surface area contributed by atoms with Gasteiger partial charge in [-0.2, -0.15) is 0 Å². The number of nitrogens with zero attached hydrogens (tertiary/aromatic N) is 1. The van der Waals surface area contributed by atoms with Crippen molar-refractivity contribution in [2.45, 2.75) is 20.4 Å². The Balaban J connectivity index is 1.77. The van der Waals surface area contributed by atoms with Crippen molar-refractivity contribution in [3.05, 3.63) is 68.5 Å². The van der Waals surface area contributed by atoms with Gasteiger partial charge in [0.25, 0.3) is 0 Å². The summed E-state index contributed by atoms with van der Waals surface area (Å²) < 4.78 is 33.2. The molecular formula is C26H15F2NO2S2. The first-order chi connectivity index (χ1) is 15.8. The fraction of sp³-hybridized carbons (Fsp3) is 0.154. The summed E-state index contributed by atoms with van der Waals surface area (Å²) in [6, 6.07) is 8.79. The van der Waals surface area contributed by atoms with Gasteiger partial charge in [-0.25, -0.2) is 8.78 Å². The number of rotatable bonds is 2. The Kier molecular flexibility index (Phi) is 3.66. The first-order valence-electron chi connectivity index (χ1n) is 10.7. The molecule has 7 rings (SSSR count). The molecule has 0 bridgehead atoms. The van der Waals surface area contributed by atoms with Crippen LogP contribution in [-0.2, 0) is 6.54 Å². The molecule has 3 nitrogen and oxygen atoms in total. The Bertz CT molecular complexity index is 1910. The van der Waals surface area contributed by atoms with Gasteiger partial charge in [0.2, 0.25) is 10.9 Å². The first-order valence-corrected chi connectivity index (χ1v) is 12.3. The second-order valence-corrected chi connectivity index (χ2v) is 11.1. The lowest BCUT2D eigenvalue weighted by Gasteiger charge is -2.10. The van der Waals surface area contributed by atoms with Crippen LogP contribution < -0.4 is 10.9 Å². The van der Waals surface area contributed by atoms with Crippen LogP contribution in [0.5, 0.6) is 0 Å². The smallest absolute Gasteiger partial charge is 0.204 e. The van der Waals surface area contributed by atoms with Crippen molar-refractivity contribution in [3.63, 3.8) is 0 Å². The van der Waals surface area contributed by atoms with Crippen LogP contribution in [0.15, 0.2) is 46.0 Å². The molecule has 0 amide bonds. The molecule has 3 heterocycles. The third-order valence-corrected chi connectivity index (χ3v) is 8.98. The Labute approximate surface area is 192 Å². The monoisotopic (exact) mass is 475 g/mol. The lowest BCUT2D eigenvalue weighted by Crippen LogP contribution is -2.03. The Morgan fingerprint density at radius 1 is 0.727 bits per heavy atom. The predicted octanol–water partition coefficient (Wildman–Crippen LogP) is 7.06. The molecule has 0 saturated carbocycles. The molecule has 162 valence electrons. The molecule has 0 atom stereocenters. The molecule has 33 heavy (non-hydrogen) atoms. The van der Waals surface area contributed by atoms with Crippen LogP contribution in [0, 0.1) is 17.6 Å². The number of hydrogen-bond donors (Lipinski definition) is 0. The predicted molar refractivity (Wildman–Crippen MR) is 135 cm³/mol. The van der Waals surface area contributed by atoms with Gasteiger partial charge in [0.05, 0.1) is 29.8 Å². The quantitative estimate of drug-likeness (QED) is 0.268. The number of aromatic nitrogens is 1. The van der Waals surface area contributed by atoms with Crippen LogP contribution in [0.2, 0.25) is 0 Å². The average molecular weight is 476 g/mol. The van der Waals surface area contributed by atoms with Crippen LogP contribution in [-0.4, -0.2) is 4.57 Å². The molecule has 7 heteroatoms. The highest BCUT2D eigenvalue weighted by Crippen LogP contribution is 2.49. The zero-order valence-electron chi connectivity index (χ0n) is 17.6. The zero-order chi connectivity index (χ0) is 22.8. The standard InChI is InChI=1S/C26H15F2NO2S2/c1-10(2)9-29-19-17-13-5-3-11(27)7-15(13)21(30)23(17)32-25(19)26-20(29)18-14-6-4-12(28)8-16(14)22(31)24(18)33-26/h3-8,10H,9H2,1-2H3. The minimum atomic E-state index is -0.424. The third-order valence-electron chi connectivity index (χ3n) is 6.46. The molecule has 0 aliphatic rings. The molecule has 0 saturated heterocycles. The highest BCUT2D eigenvalue weighted by molar-refractivity contribution is 7.34. The van der Waals surface area contributed by atoms with Crippen LogP contribution in [0.4, 0.5) is 8.78 Å². The van der Waals surface area contributed by atoms with Crippen molar-refractivity contribution in [2.24, 2.45) is 5.92 Å². The zero-order valence-corrected chi connectivity index (χ0v) is 19.2. The summed E-state index contributed by atoms with van der Waals surface area (Å²) in [6.07, 6.45) is 0. The summed E-state index contributed by atoms with van der Waals surface area (Å²) in [5.41, 5.74) is 1.64. The van der Waals surface area contributed by atoms with E-state index in [1.54, 1.807) is 12.1 Å². The summed E-state index contributed by atoms with van der Waals surface area (Å²) in [5.74, 6) is -0.538. The number of benzene rings is 2. The Hall–Kier alpha value is -3.16. The second-order valence-electron chi connectivity index (χ2n) is 9.01. The van der Waals surface area contributed by atoms with Gasteiger partial charge in [0.1, 0.15) is 11.6 Å². The largest absolute Gasteiger partial charge is 0.338 e. The van der Waals surface area contributed by atoms with E-state index in [1.165, 1.54) is 46.9 Å². The Morgan fingerprint density at radius 2 is 1.18 bits per heavy atom. The summed E-state index contributed by atoms with van der Waals surface area (Å²) in [6.45, 7) is 4.95. The minimum Gasteiger partial charge on any atom is -0.338 e. The Morgan fingerprint density at radius 3 is 1.61 bits per heavy atom. The van der Waals surface area contributed by atoms with E-state index >= 15 is 0 Å². The van der Waals surface area contributed by atoms with Crippen LogP contribution >= 0.6 is 22.7 Å². The number of thiophene rings is 2. The van der Waals surface area contributed by atoms with E-state index in [4.69, 9.17) is 0 Å². The molecule has 0 unspecified atom stereocenters. The van der Waals surface area contributed by atoms with Crippen molar-refractivity contribution < 1.29 is 8.78 Å². The molecule has 3 aromatic heterocycles. The molecule has 0 aliphatic heterocycles. The van der Waals surface area contributed by atoms with E-state index in [-0.39, 0.29) is 10.9 Å². The molecule has 0 radical (unpaired) electrons. The number of halogens is 2. The fourth-order valence-electron chi connectivity index (χ4n) is 5.24. The van der Waals surface area contributed by atoms with Gasteiger partial charge in [-0.15, -0.1) is 22.7 Å². The van der Waals surface area contributed by atoms with Crippen molar-refractivity contribution in [1.82, 2.24) is 4.57 Å². The molecular weight excluding hydrogens is 460 g/mol. The van der Waals surface area contributed by atoms with E-state index in [2.05, 4.69) is 18.4 Å². The molecule has 0 fully saturated rings. The average Bonchev–Trinajstić information content (AvgIpc) is 3.51. The maximum atomic E-state index is 13.9. The van der Waals surface area contributed by atoms with Crippen molar-refractivity contribution in [3.8, 4) is 0 Å². The van der Waals surface area contributed by atoms with Crippen LogP contribution in [0.1, 0.15) is 13.8 Å². The minimum absolute atomic E-state index is 0.147. The summed E-state index contributed by atoms with van der Waals surface area (Å²) in [7, 11) is 0. The highest BCUT2D eigenvalue weighted by Gasteiger charge is 2.27. The van der Waals surface area contributed by atoms with E-state index < -0.39 is 11.6 Å². The van der Waals surface area contributed by atoms with E-state index in [0.717, 1.165) is 42.0 Å². The third kappa shape index (κ3) is 2.31. The summed E-state index contributed by atoms with van der Waals surface area (Å²) in [4.78, 5) is 26.2. The van der Waals surface area contributed by atoms with Gasteiger partial charge in [-0.05, 0) is 41.0 Å². The highest BCUT2D eigenvalue weighted by atomic mass is 32.1. The van der Waals surface area contributed by atoms with Gasteiger partial charge < -0.3 is 4.57 Å². The van der Waals surface area contributed by atoms with E-state index in [0.29, 0.717) is 32.6 Å². The number of fused-ring (bicyclic) bond motifs is 11. The van der Waals surface area contributed by atoms with Gasteiger partial charge in [-0.3, -0.25) is 9.59 Å². The van der Waals surface area contributed by atoms with Crippen LogP contribution in [0.25, 0.3) is 62.2 Å². The first kappa shape index (κ1) is 19.3. The maximum absolute atomic E-state index is 13.9. The molecule has 4 aromatic carbocycles. The van der Waals surface area contributed by atoms with Gasteiger partial charge in [0, 0.05) is 28.1 Å². The SMILES string of the molecule is CC(C)Cn1c2c(sc3c(=O)c4cc(F)ccc4c32)c2sc3c(=O)c4cc(F)ccc4c3c21. The fourth-order valence-corrected chi connectivity index (χ4v) is 7.91. The van der Waals surface area contributed by atoms with Crippen molar-refractivity contribution >= 4 is 84.8 Å².